The van der Waals surface area contributed by atoms with Gasteiger partial charge in [-0.1, -0.05) is 35.9 Å². The molecule has 0 saturated heterocycles. The first-order valence-electron chi connectivity index (χ1n) is 8.95. The number of likely N-dealkylation sites (N-methyl/N-ethyl adjacent to an activating group) is 1. The molecule has 0 radical (unpaired) electrons. The van der Waals surface area contributed by atoms with E-state index < -0.39 is 0 Å². The number of quaternary nitrogens is 1. The van der Waals surface area contributed by atoms with E-state index in [9.17, 15) is 9.59 Å². The molecule has 2 N–H and O–H groups in total. The maximum atomic E-state index is 13.1. The van der Waals surface area contributed by atoms with Crippen LogP contribution in [0.1, 0.15) is 23.6 Å². The van der Waals surface area contributed by atoms with Crippen LogP contribution >= 0.6 is 0 Å². The van der Waals surface area contributed by atoms with Gasteiger partial charge in [0.15, 0.2) is 6.04 Å². The van der Waals surface area contributed by atoms with Gasteiger partial charge in [-0.3, -0.25) is 14.5 Å². The number of nitrogens with zero attached hydrogens (tertiary/aromatic N) is 1. The average molecular weight is 352 g/mol. The van der Waals surface area contributed by atoms with Gasteiger partial charge in [-0.05, 0) is 38.5 Å². The quantitative estimate of drug-likeness (QED) is 0.880. The lowest BCUT2D eigenvalue weighted by Crippen LogP contribution is -3.12. The lowest BCUT2D eigenvalue weighted by Gasteiger charge is -2.32. The molecule has 5 heteroatoms. The molecule has 1 unspecified atom stereocenters. The number of carbonyl (C=O) groups excluding carboxylic acids is 2. The van der Waals surface area contributed by atoms with Crippen molar-refractivity contribution in [2.24, 2.45) is 0 Å². The van der Waals surface area contributed by atoms with Gasteiger partial charge in [0.2, 0.25) is 5.91 Å². The first-order chi connectivity index (χ1) is 12.4. The van der Waals surface area contributed by atoms with Crippen LogP contribution in [-0.4, -0.2) is 31.4 Å². The second-order valence-corrected chi connectivity index (χ2v) is 7.16. The minimum Gasteiger partial charge on any atom is -0.324 e. The van der Waals surface area contributed by atoms with E-state index >= 15 is 0 Å². The van der Waals surface area contributed by atoms with Crippen molar-refractivity contribution in [3.63, 3.8) is 0 Å². The number of rotatable bonds is 4. The van der Waals surface area contributed by atoms with Crippen LogP contribution in [0.2, 0.25) is 0 Å². The molecular weight excluding hydrogens is 326 g/mol. The molecule has 1 heterocycles. The Kier molecular flexibility index (Phi) is 5.09. The normalized spacial score (nSPS) is 15.8. The monoisotopic (exact) mass is 352 g/mol. The molecule has 0 saturated carbocycles. The Bertz CT molecular complexity index is 847. The molecule has 2 atom stereocenters. The van der Waals surface area contributed by atoms with Crippen molar-refractivity contribution in [1.29, 1.82) is 0 Å². The number of amides is 2. The highest BCUT2D eigenvalue weighted by atomic mass is 16.2. The van der Waals surface area contributed by atoms with Gasteiger partial charge in [-0.25, -0.2) is 0 Å². The fourth-order valence-corrected chi connectivity index (χ4v) is 3.37. The van der Waals surface area contributed by atoms with E-state index in [0.717, 1.165) is 17.1 Å². The smallest absolute Gasteiger partial charge is 0.285 e. The zero-order valence-corrected chi connectivity index (χ0v) is 15.8. The summed E-state index contributed by atoms with van der Waals surface area (Å²) in [6.07, 6.45) is 0. The van der Waals surface area contributed by atoms with E-state index in [0.29, 0.717) is 5.69 Å². The van der Waals surface area contributed by atoms with Crippen molar-refractivity contribution >= 4 is 23.2 Å². The first kappa shape index (κ1) is 18.1. The summed E-state index contributed by atoms with van der Waals surface area (Å²) in [5.74, 6) is -0.189. The van der Waals surface area contributed by atoms with Crippen molar-refractivity contribution in [1.82, 2.24) is 0 Å². The average Bonchev–Trinajstić information content (AvgIpc) is 2.62. The van der Waals surface area contributed by atoms with Crippen LogP contribution in [0.4, 0.5) is 11.4 Å². The van der Waals surface area contributed by atoms with Gasteiger partial charge in [0, 0.05) is 5.56 Å². The Morgan fingerprint density at radius 3 is 2.69 bits per heavy atom. The highest BCUT2D eigenvalue weighted by molar-refractivity contribution is 6.10. The zero-order chi connectivity index (χ0) is 18.8. The van der Waals surface area contributed by atoms with Crippen LogP contribution in [-0.2, 0) is 16.1 Å². The number of aryl methyl sites for hydroxylation is 2. The first-order valence-corrected chi connectivity index (χ1v) is 8.95. The molecule has 0 aromatic heterocycles. The molecule has 5 nitrogen and oxygen atoms in total. The fourth-order valence-electron chi connectivity index (χ4n) is 3.37. The zero-order valence-electron chi connectivity index (χ0n) is 15.8. The highest BCUT2D eigenvalue weighted by Crippen LogP contribution is 2.29. The number of hydrogen-bond acceptors (Lipinski definition) is 2. The van der Waals surface area contributed by atoms with Crippen LogP contribution in [0, 0.1) is 13.8 Å². The largest absolute Gasteiger partial charge is 0.324 e. The van der Waals surface area contributed by atoms with Crippen LogP contribution in [0.5, 0.6) is 0 Å². The summed E-state index contributed by atoms with van der Waals surface area (Å²) in [4.78, 5) is 27.8. The van der Waals surface area contributed by atoms with E-state index in [2.05, 4.69) is 37.4 Å². The minimum atomic E-state index is -0.255. The number of carbonyl (C=O) groups is 2. The van der Waals surface area contributed by atoms with Gasteiger partial charge in [-0.2, -0.15) is 0 Å². The molecule has 2 aromatic carbocycles. The summed E-state index contributed by atoms with van der Waals surface area (Å²) >= 11 is 0. The molecule has 0 fully saturated rings. The van der Waals surface area contributed by atoms with Crippen LogP contribution in [0.3, 0.4) is 0 Å². The maximum Gasteiger partial charge on any atom is 0.285 e. The molecule has 0 bridgehead atoms. The predicted octanol–water partition coefficient (Wildman–Crippen LogP) is 1.69. The lowest BCUT2D eigenvalue weighted by atomic mass is 10.0. The third-order valence-electron chi connectivity index (χ3n) is 5.11. The Labute approximate surface area is 154 Å². The van der Waals surface area contributed by atoms with E-state index in [1.165, 1.54) is 16.7 Å². The van der Waals surface area contributed by atoms with Crippen LogP contribution in [0.25, 0.3) is 0 Å². The lowest BCUT2D eigenvalue weighted by molar-refractivity contribution is -0.908. The number of benzene rings is 2. The number of para-hydroxylation sites is 2. The summed E-state index contributed by atoms with van der Waals surface area (Å²) in [6.45, 7) is 6.94. The highest BCUT2D eigenvalue weighted by Gasteiger charge is 2.33. The van der Waals surface area contributed by atoms with E-state index in [-0.39, 0.29) is 24.4 Å². The van der Waals surface area contributed by atoms with Gasteiger partial charge in [0.25, 0.3) is 5.91 Å². The van der Waals surface area contributed by atoms with Crippen LogP contribution < -0.4 is 15.1 Å². The molecule has 0 aliphatic carbocycles. The summed E-state index contributed by atoms with van der Waals surface area (Å²) in [5, 5.41) is 2.83. The summed E-state index contributed by atoms with van der Waals surface area (Å²) < 4.78 is 0. The number of hydrogen-bond donors (Lipinski definition) is 2. The third kappa shape index (κ3) is 3.63. The Morgan fingerprint density at radius 2 is 1.96 bits per heavy atom. The van der Waals surface area contributed by atoms with Crippen LogP contribution in [0.15, 0.2) is 42.5 Å². The van der Waals surface area contributed by atoms with Crippen molar-refractivity contribution in [3.8, 4) is 0 Å². The van der Waals surface area contributed by atoms with E-state index in [4.69, 9.17) is 0 Å². The molecular formula is C21H26N3O2+. The summed E-state index contributed by atoms with van der Waals surface area (Å²) in [6, 6.07) is 13.6. The topological polar surface area (TPSA) is 53.9 Å². The Morgan fingerprint density at radius 1 is 1.23 bits per heavy atom. The molecule has 2 aromatic rings. The molecule has 136 valence electrons. The third-order valence-corrected chi connectivity index (χ3v) is 5.11. The Hall–Kier alpha value is -2.66. The maximum absolute atomic E-state index is 13.1. The molecule has 2 amide bonds. The minimum absolute atomic E-state index is 0.0328. The number of fused-ring (bicyclic) bond motifs is 1. The molecule has 1 aliphatic heterocycles. The summed E-state index contributed by atoms with van der Waals surface area (Å²) in [7, 11) is 2.03. The molecule has 3 rings (SSSR count). The van der Waals surface area contributed by atoms with Gasteiger partial charge in [0.1, 0.15) is 13.1 Å². The second-order valence-electron chi connectivity index (χ2n) is 7.16. The van der Waals surface area contributed by atoms with Crippen molar-refractivity contribution in [2.45, 2.75) is 33.4 Å². The number of nitrogens with one attached hydrogen (secondary N) is 2. The van der Waals surface area contributed by atoms with Crippen molar-refractivity contribution in [3.05, 3.63) is 59.2 Å². The van der Waals surface area contributed by atoms with Gasteiger partial charge >= 0.3 is 0 Å². The standard InChI is InChI=1S/C21H25N3O2/c1-14-9-10-17(15(2)11-14)12-23(4)16(3)21(26)24-13-20(25)22-18-7-5-6-8-19(18)24/h5-11,16H,12-13H2,1-4H3,(H,22,25)/p+1/t16-/m1/s1. The molecule has 1 aliphatic rings. The van der Waals surface area contributed by atoms with Crippen molar-refractivity contribution in [2.75, 3.05) is 23.8 Å². The predicted molar refractivity (Wildman–Crippen MR) is 103 cm³/mol. The fraction of sp³-hybridized carbons (Fsp3) is 0.333. The van der Waals surface area contributed by atoms with Gasteiger partial charge in [-0.15, -0.1) is 0 Å². The Balaban J connectivity index is 1.78. The van der Waals surface area contributed by atoms with E-state index in [1.54, 1.807) is 4.90 Å². The van der Waals surface area contributed by atoms with Gasteiger partial charge in [0.05, 0.1) is 18.4 Å². The SMILES string of the molecule is Cc1ccc(C[NH+](C)[C@H](C)C(=O)N2CC(=O)Nc3ccccc32)c(C)c1. The molecule has 0 spiro atoms. The second kappa shape index (κ2) is 7.30. The van der Waals surface area contributed by atoms with E-state index in [1.807, 2.05) is 38.2 Å². The van der Waals surface area contributed by atoms with Crippen molar-refractivity contribution < 1.29 is 14.5 Å². The van der Waals surface area contributed by atoms with Gasteiger partial charge < -0.3 is 10.2 Å². The molecule has 26 heavy (non-hydrogen) atoms. The number of anilines is 2. The summed E-state index contributed by atoms with van der Waals surface area (Å²) in [5.41, 5.74) is 5.18.